The highest BCUT2D eigenvalue weighted by atomic mass is 16.5. The molecule has 6 heteroatoms. The fourth-order valence-corrected chi connectivity index (χ4v) is 3.16. The van der Waals surface area contributed by atoms with Crippen LogP contribution in [0, 0.1) is 18.3 Å². The molecule has 0 saturated carbocycles. The Hall–Kier alpha value is -2.47. The second kappa shape index (κ2) is 10.2. The first-order valence-electron chi connectivity index (χ1n) is 9.84. The maximum atomic E-state index is 12.8. The summed E-state index contributed by atoms with van der Waals surface area (Å²) in [6.45, 7) is 12.6. The van der Waals surface area contributed by atoms with E-state index in [0.29, 0.717) is 43.5 Å². The maximum absolute atomic E-state index is 12.8. The van der Waals surface area contributed by atoms with Crippen molar-refractivity contribution in [2.75, 3.05) is 33.3 Å². The van der Waals surface area contributed by atoms with Gasteiger partial charge in [0.1, 0.15) is 11.6 Å². The van der Waals surface area contributed by atoms with Gasteiger partial charge in [0.05, 0.1) is 13.2 Å². The van der Waals surface area contributed by atoms with Gasteiger partial charge in [0, 0.05) is 38.0 Å². The second-order valence-electron chi connectivity index (χ2n) is 7.24. The lowest BCUT2D eigenvalue weighted by molar-refractivity contribution is 0.0631. The third kappa shape index (κ3) is 5.29. The number of hydrogen-bond acceptors (Lipinski definition) is 4. The average Bonchev–Trinajstić information content (AvgIpc) is 2.72. The molecule has 28 heavy (non-hydrogen) atoms. The zero-order valence-electron chi connectivity index (χ0n) is 17.4. The zero-order valence-corrected chi connectivity index (χ0v) is 17.4. The summed E-state index contributed by atoms with van der Waals surface area (Å²) in [4.78, 5) is 21.2. The van der Waals surface area contributed by atoms with Crippen molar-refractivity contribution in [3.8, 4) is 5.75 Å². The van der Waals surface area contributed by atoms with Gasteiger partial charge in [0.25, 0.3) is 5.91 Å². The fraction of sp³-hybridized carbons (Fsp3) is 0.500. The van der Waals surface area contributed by atoms with Crippen molar-refractivity contribution < 1.29 is 9.53 Å². The molecule has 1 aromatic carbocycles. The van der Waals surface area contributed by atoms with Crippen LogP contribution in [-0.2, 0) is 0 Å². The first kappa shape index (κ1) is 21.8. The van der Waals surface area contributed by atoms with Crippen LogP contribution in [0.3, 0.4) is 0 Å². The first-order valence-corrected chi connectivity index (χ1v) is 9.84. The molecule has 1 heterocycles. The van der Waals surface area contributed by atoms with E-state index in [-0.39, 0.29) is 11.9 Å². The molecule has 152 valence electrons. The van der Waals surface area contributed by atoms with Crippen LogP contribution in [-0.4, -0.2) is 67.1 Å². The number of rotatable bonds is 7. The zero-order chi connectivity index (χ0) is 20.7. The normalized spacial score (nSPS) is 17.4. The molecule has 1 aliphatic heterocycles. The van der Waals surface area contributed by atoms with Gasteiger partial charge in [0.2, 0.25) is 0 Å². The Morgan fingerprint density at radius 3 is 2.61 bits per heavy atom. The number of ether oxygens (including phenoxy) is 1. The summed E-state index contributed by atoms with van der Waals surface area (Å²) in [5.74, 6) is 1.40. The predicted octanol–water partition coefficient (Wildman–Crippen LogP) is 3.41. The SMILES string of the molecule is C=CC(C(=N)N=CC(C)CC)N1CCN(C(=O)c2ccc(C)c(OC)c2)CC1. The Morgan fingerprint density at radius 2 is 2.04 bits per heavy atom. The molecule has 1 saturated heterocycles. The molecule has 0 radical (unpaired) electrons. The molecule has 0 aromatic heterocycles. The van der Waals surface area contributed by atoms with Crippen molar-refractivity contribution in [2.45, 2.75) is 33.2 Å². The van der Waals surface area contributed by atoms with Crippen LogP contribution < -0.4 is 4.74 Å². The highest BCUT2D eigenvalue weighted by Gasteiger charge is 2.27. The standard InChI is InChI=1S/C22H32N4O2/c1-6-16(3)15-24-21(23)19(7-2)25-10-12-26(13-11-25)22(27)18-9-8-17(4)20(14-18)28-5/h7-9,14-16,19,23H,2,6,10-13H2,1,3-5H3. The van der Waals surface area contributed by atoms with E-state index in [2.05, 4.69) is 30.3 Å². The number of aliphatic imine (C=N–C) groups is 1. The number of carbonyl (C=O) groups excluding carboxylic acids is 1. The minimum atomic E-state index is -0.225. The molecule has 0 bridgehead atoms. The Balaban J connectivity index is 1.99. The first-order chi connectivity index (χ1) is 13.4. The molecule has 6 nitrogen and oxygen atoms in total. The number of benzene rings is 1. The van der Waals surface area contributed by atoms with Crippen molar-refractivity contribution in [1.29, 1.82) is 5.41 Å². The van der Waals surface area contributed by atoms with Gasteiger partial charge < -0.3 is 9.64 Å². The quantitative estimate of drug-likeness (QED) is 0.445. The monoisotopic (exact) mass is 384 g/mol. The number of carbonyl (C=O) groups is 1. The van der Waals surface area contributed by atoms with Gasteiger partial charge in [-0.1, -0.05) is 26.0 Å². The van der Waals surface area contributed by atoms with Crippen LogP contribution in [0.4, 0.5) is 0 Å². The number of nitrogens with zero attached hydrogens (tertiary/aromatic N) is 3. The lowest BCUT2D eigenvalue weighted by Gasteiger charge is -2.37. The molecule has 1 N–H and O–H groups in total. The molecular formula is C22H32N4O2. The molecule has 1 aromatic rings. The molecule has 2 atom stereocenters. The lowest BCUT2D eigenvalue weighted by Crippen LogP contribution is -2.53. The van der Waals surface area contributed by atoms with E-state index < -0.39 is 0 Å². The summed E-state index contributed by atoms with van der Waals surface area (Å²) >= 11 is 0. The number of nitrogens with one attached hydrogen (secondary N) is 1. The van der Waals surface area contributed by atoms with Crippen molar-refractivity contribution in [2.24, 2.45) is 10.9 Å². The van der Waals surface area contributed by atoms with Gasteiger partial charge in [-0.25, -0.2) is 4.99 Å². The molecule has 1 amide bonds. The van der Waals surface area contributed by atoms with Gasteiger partial charge in [-0.15, -0.1) is 6.58 Å². The molecule has 2 rings (SSSR count). The van der Waals surface area contributed by atoms with Crippen LogP contribution in [0.1, 0.15) is 36.2 Å². The van der Waals surface area contributed by atoms with Gasteiger partial charge in [-0.05, 0) is 37.0 Å². The predicted molar refractivity (Wildman–Crippen MR) is 115 cm³/mol. The third-order valence-electron chi connectivity index (χ3n) is 5.27. The average molecular weight is 385 g/mol. The largest absolute Gasteiger partial charge is 0.496 e. The van der Waals surface area contributed by atoms with Crippen molar-refractivity contribution >= 4 is 18.0 Å². The fourth-order valence-electron chi connectivity index (χ4n) is 3.16. The van der Waals surface area contributed by atoms with E-state index in [9.17, 15) is 4.79 Å². The van der Waals surface area contributed by atoms with Crippen molar-refractivity contribution in [3.63, 3.8) is 0 Å². The summed E-state index contributed by atoms with van der Waals surface area (Å²) in [6.07, 6.45) is 4.60. The molecule has 1 fully saturated rings. The number of hydrogen-bond donors (Lipinski definition) is 1. The summed E-state index contributed by atoms with van der Waals surface area (Å²) in [5, 5.41) is 8.28. The Labute approximate surface area is 168 Å². The van der Waals surface area contributed by atoms with Crippen molar-refractivity contribution in [1.82, 2.24) is 9.80 Å². The Bertz CT molecular complexity index is 736. The number of amidine groups is 1. The smallest absolute Gasteiger partial charge is 0.254 e. The molecule has 0 aliphatic carbocycles. The molecule has 0 spiro atoms. The number of amides is 1. The van der Waals surface area contributed by atoms with E-state index in [0.717, 1.165) is 17.7 Å². The van der Waals surface area contributed by atoms with Gasteiger partial charge in [-0.2, -0.15) is 0 Å². The number of piperazine rings is 1. The van der Waals surface area contributed by atoms with Gasteiger partial charge in [-0.3, -0.25) is 15.1 Å². The van der Waals surface area contributed by atoms with E-state index in [4.69, 9.17) is 10.1 Å². The van der Waals surface area contributed by atoms with Crippen LogP contribution >= 0.6 is 0 Å². The van der Waals surface area contributed by atoms with E-state index in [1.807, 2.05) is 30.2 Å². The Morgan fingerprint density at radius 1 is 1.36 bits per heavy atom. The van der Waals surface area contributed by atoms with Crippen molar-refractivity contribution in [3.05, 3.63) is 42.0 Å². The summed E-state index contributed by atoms with van der Waals surface area (Å²) < 4.78 is 5.33. The van der Waals surface area contributed by atoms with Crippen LogP contribution in [0.2, 0.25) is 0 Å². The highest BCUT2D eigenvalue weighted by Crippen LogP contribution is 2.21. The van der Waals surface area contributed by atoms with E-state index in [1.54, 1.807) is 19.3 Å². The topological polar surface area (TPSA) is 69.0 Å². The second-order valence-corrected chi connectivity index (χ2v) is 7.24. The van der Waals surface area contributed by atoms with E-state index in [1.165, 1.54) is 0 Å². The van der Waals surface area contributed by atoms with Crippen LogP contribution in [0.5, 0.6) is 5.75 Å². The van der Waals surface area contributed by atoms with Crippen LogP contribution in [0.25, 0.3) is 0 Å². The highest BCUT2D eigenvalue weighted by molar-refractivity contribution is 5.95. The van der Waals surface area contributed by atoms with Crippen LogP contribution in [0.15, 0.2) is 35.8 Å². The lowest BCUT2D eigenvalue weighted by atomic mass is 10.1. The van der Waals surface area contributed by atoms with Gasteiger partial charge >= 0.3 is 0 Å². The number of methoxy groups -OCH3 is 1. The summed E-state index contributed by atoms with van der Waals surface area (Å²) in [6, 6.07) is 5.33. The summed E-state index contributed by atoms with van der Waals surface area (Å²) in [7, 11) is 1.61. The van der Waals surface area contributed by atoms with Gasteiger partial charge in [0.15, 0.2) is 0 Å². The summed E-state index contributed by atoms with van der Waals surface area (Å²) in [5.41, 5.74) is 1.65. The maximum Gasteiger partial charge on any atom is 0.254 e. The van der Waals surface area contributed by atoms with E-state index >= 15 is 0 Å². The minimum absolute atomic E-state index is 0.0120. The molecule has 2 unspecified atom stereocenters. The Kier molecular flexibility index (Phi) is 7.93. The third-order valence-corrected chi connectivity index (χ3v) is 5.27. The molecule has 1 aliphatic rings. The minimum Gasteiger partial charge on any atom is -0.496 e. The molecular weight excluding hydrogens is 352 g/mol. The number of aryl methyl sites for hydroxylation is 1.